The van der Waals surface area contributed by atoms with Gasteiger partial charge in [-0.3, -0.25) is 9.69 Å². The standard InChI is InChI=1S/C14H21N3O3S/c1-11-5-4-6-13(15-11)17(3)14(18)9-12-10-21(19,20)8-7-16(12)2/h4-6,12H,7-10H2,1-3H3. The number of sulfone groups is 1. The van der Waals surface area contributed by atoms with Crippen LogP contribution in [-0.4, -0.2) is 62.4 Å². The Morgan fingerprint density at radius 2 is 2.19 bits per heavy atom. The molecule has 6 nitrogen and oxygen atoms in total. The van der Waals surface area contributed by atoms with Crippen LogP contribution in [0, 0.1) is 6.92 Å². The van der Waals surface area contributed by atoms with E-state index in [1.807, 2.05) is 31.0 Å². The van der Waals surface area contributed by atoms with Crippen molar-refractivity contribution in [2.24, 2.45) is 0 Å². The van der Waals surface area contributed by atoms with Gasteiger partial charge in [-0.15, -0.1) is 0 Å². The van der Waals surface area contributed by atoms with Gasteiger partial charge in [0.05, 0.1) is 11.5 Å². The Labute approximate surface area is 125 Å². The second-order valence-corrected chi connectivity index (χ2v) is 7.77. The fraction of sp³-hybridized carbons (Fsp3) is 0.571. The van der Waals surface area contributed by atoms with Crippen molar-refractivity contribution in [2.45, 2.75) is 19.4 Å². The van der Waals surface area contributed by atoms with Crippen molar-refractivity contribution in [3.63, 3.8) is 0 Å². The molecule has 116 valence electrons. The second kappa shape index (κ2) is 6.11. The number of nitrogens with zero attached hydrogens (tertiary/aromatic N) is 3. The molecule has 0 aliphatic carbocycles. The van der Waals surface area contributed by atoms with Gasteiger partial charge in [-0.25, -0.2) is 13.4 Å². The van der Waals surface area contributed by atoms with Gasteiger partial charge in [0.15, 0.2) is 9.84 Å². The molecule has 0 N–H and O–H groups in total. The van der Waals surface area contributed by atoms with E-state index < -0.39 is 9.84 Å². The molecule has 0 saturated carbocycles. The van der Waals surface area contributed by atoms with Crippen molar-refractivity contribution in [2.75, 3.05) is 37.0 Å². The van der Waals surface area contributed by atoms with Gasteiger partial charge in [-0.1, -0.05) is 6.07 Å². The molecule has 1 aliphatic rings. The Morgan fingerprint density at radius 1 is 1.48 bits per heavy atom. The Bertz CT molecular complexity index is 630. The number of hydrogen-bond acceptors (Lipinski definition) is 5. The average Bonchev–Trinajstić information content (AvgIpc) is 2.42. The van der Waals surface area contributed by atoms with Crippen LogP contribution in [0.3, 0.4) is 0 Å². The number of amides is 1. The summed E-state index contributed by atoms with van der Waals surface area (Å²) >= 11 is 0. The molecular formula is C14H21N3O3S. The summed E-state index contributed by atoms with van der Waals surface area (Å²) in [7, 11) is 0.491. The van der Waals surface area contributed by atoms with E-state index in [0.717, 1.165) is 5.69 Å². The molecule has 1 saturated heterocycles. The van der Waals surface area contributed by atoms with Gasteiger partial charge in [0.25, 0.3) is 0 Å². The zero-order valence-corrected chi connectivity index (χ0v) is 13.4. The molecule has 21 heavy (non-hydrogen) atoms. The first-order valence-electron chi connectivity index (χ1n) is 6.89. The van der Waals surface area contributed by atoms with Crippen molar-refractivity contribution in [1.82, 2.24) is 9.88 Å². The lowest BCUT2D eigenvalue weighted by molar-refractivity contribution is -0.119. The predicted molar refractivity (Wildman–Crippen MR) is 82.1 cm³/mol. The number of aromatic nitrogens is 1. The number of aryl methyl sites for hydroxylation is 1. The lowest BCUT2D eigenvalue weighted by Crippen LogP contribution is -2.48. The monoisotopic (exact) mass is 311 g/mol. The van der Waals surface area contributed by atoms with Crippen LogP contribution in [0.15, 0.2) is 18.2 Å². The number of carbonyl (C=O) groups is 1. The molecule has 0 radical (unpaired) electrons. The van der Waals surface area contributed by atoms with Gasteiger partial charge in [0.2, 0.25) is 5.91 Å². The number of hydrogen-bond donors (Lipinski definition) is 0. The van der Waals surface area contributed by atoms with Crippen LogP contribution in [0.2, 0.25) is 0 Å². The summed E-state index contributed by atoms with van der Waals surface area (Å²) in [5.74, 6) is 0.678. The minimum absolute atomic E-state index is 0.0460. The molecular weight excluding hydrogens is 290 g/mol. The lowest BCUT2D eigenvalue weighted by atomic mass is 10.2. The summed E-state index contributed by atoms with van der Waals surface area (Å²) in [6, 6.07) is 5.22. The Morgan fingerprint density at radius 3 is 2.86 bits per heavy atom. The summed E-state index contributed by atoms with van der Waals surface area (Å²) in [5.41, 5.74) is 0.838. The molecule has 1 atom stereocenters. The third-order valence-electron chi connectivity index (χ3n) is 3.83. The molecule has 1 fully saturated rings. The number of anilines is 1. The predicted octanol–water partition coefficient (Wildman–Crippen LogP) is 0.472. The minimum atomic E-state index is -3.04. The summed E-state index contributed by atoms with van der Waals surface area (Å²) in [6.45, 7) is 2.34. The van der Waals surface area contributed by atoms with Gasteiger partial charge in [0, 0.05) is 31.7 Å². The highest BCUT2D eigenvalue weighted by atomic mass is 32.2. The third kappa shape index (κ3) is 4.01. The van der Waals surface area contributed by atoms with Crippen LogP contribution in [0.1, 0.15) is 12.1 Å². The molecule has 0 bridgehead atoms. The Balaban J connectivity index is 2.06. The number of carbonyl (C=O) groups excluding carboxylic acids is 1. The molecule has 1 aliphatic heterocycles. The lowest BCUT2D eigenvalue weighted by Gasteiger charge is -2.32. The van der Waals surface area contributed by atoms with Crippen LogP contribution in [0.25, 0.3) is 0 Å². The first-order valence-corrected chi connectivity index (χ1v) is 8.71. The van der Waals surface area contributed by atoms with Crippen molar-refractivity contribution in [3.05, 3.63) is 23.9 Å². The summed E-state index contributed by atoms with van der Waals surface area (Å²) in [5, 5.41) is 0. The maximum Gasteiger partial charge on any atom is 0.229 e. The van der Waals surface area contributed by atoms with E-state index in [1.54, 1.807) is 13.1 Å². The highest BCUT2D eigenvalue weighted by Gasteiger charge is 2.31. The largest absolute Gasteiger partial charge is 0.301 e. The van der Waals surface area contributed by atoms with E-state index >= 15 is 0 Å². The molecule has 1 unspecified atom stereocenters. The molecule has 0 aromatic carbocycles. The van der Waals surface area contributed by atoms with Crippen molar-refractivity contribution < 1.29 is 13.2 Å². The van der Waals surface area contributed by atoms with E-state index in [1.165, 1.54) is 4.90 Å². The summed E-state index contributed by atoms with van der Waals surface area (Å²) in [4.78, 5) is 20.1. The smallest absolute Gasteiger partial charge is 0.229 e. The molecule has 2 heterocycles. The third-order valence-corrected chi connectivity index (χ3v) is 5.52. The van der Waals surface area contributed by atoms with Gasteiger partial charge in [-0.2, -0.15) is 0 Å². The zero-order chi connectivity index (χ0) is 15.6. The van der Waals surface area contributed by atoms with Crippen LogP contribution in [0.4, 0.5) is 5.82 Å². The number of pyridine rings is 1. The Hall–Kier alpha value is -1.47. The fourth-order valence-corrected chi connectivity index (χ4v) is 4.06. The summed E-state index contributed by atoms with van der Waals surface area (Å²) < 4.78 is 23.4. The molecule has 0 spiro atoms. The van der Waals surface area contributed by atoms with Gasteiger partial charge < -0.3 is 4.90 Å². The number of rotatable bonds is 3. The van der Waals surface area contributed by atoms with Crippen LogP contribution in [-0.2, 0) is 14.6 Å². The topological polar surface area (TPSA) is 70.6 Å². The van der Waals surface area contributed by atoms with E-state index in [4.69, 9.17) is 0 Å². The summed E-state index contributed by atoms with van der Waals surface area (Å²) in [6.07, 6.45) is 0.182. The molecule has 1 aromatic rings. The zero-order valence-electron chi connectivity index (χ0n) is 12.6. The fourth-order valence-electron chi connectivity index (χ4n) is 2.37. The average molecular weight is 311 g/mol. The Kier molecular flexibility index (Phi) is 4.63. The SMILES string of the molecule is Cc1cccc(N(C)C(=O)CC2CS(=O)(=O)CCN2C)n1. The van der Waals surface area contributed by atoms with Crippen molar-refractivity contribution >= 4 is 21.6 Å². The van der Waals surface area contributed by atoms with E-state index in [9.17, 15) is 13.2 Å². The quantitative estimate of drug-likeness (QED) is 0.811. The van der Waals surface area contributed by atoms with Crippen molar-refractivity contribution in [3.8, 4) is 0 Å². The van der Waals surface area contributed by atoms with Gasteiger partial charge in [0.1, 0.15) is 5.82 Å². The molecule has 1 aromatic heterocycles. The first kappa shape index (κ1) is 15.9. The van der Waals surface area contributed by atoms with Crippen molar-refractivity contribution in [1.29, 1.82) is 0 Å². The van der Waals surface area contributed by atoms with Gasteiger partial charge >= 0.3 is 0 Å². The van der Waals surface area contributed by atoms with Crippen LogP contribution in [0.5, 0.6) is 0 Å². The second-order valence-electron chi connectivity index (χ2n) is 5.54. The first-order chi connectivity index (χ1) is 9.78. The molecule has 2 rings (SSSR count). The van der Waals surface area contributed by atoms with Crippen LogP contribution >= 0.6 is 0 Å². The van der Waals surface area contributed by atoms with E-state index in [0.29, 0.717) is 12.4 Å². The normalized spacial score (nSPS) is 22.0. The highest BCUT2D eigenvalue weighted by molar-refractivity contribution is 7.91. The maximum atomic E-state index is 12.3. The van der Waals surface area contributed by atoms with E-state index in [2.05, 4.69) is 4.98 Å². The van der Waals surface area contributed by atoms with Gasteiger partial charge in [-0.05, 0) is 26.1 Å². The molecule has 1 amide bonds. The highest BCUT2D eigenvalue weighted by Crippen LogP contribution is 2.16. The maximum absolute atomic E-state index is 12.3. The van der Waals surface area contributed by atoms with E-state index in [-0.39, 0.29) is 29.9 Å². The minimum Gasteiger partial charge on any atom is -0.301 e. The molecule has 7 heteroatoms. The van der Waals surface area contributed by atoms with Crippen LogP contribution < -0.4 is 4.90 Å².